The van der Waals surface area contributed by atoms with Crippen molar-refractivity contribution in [2.75, 3.05) is 13.1 Å². The third-order valence-corrected chi connectivity index (χ3v) is 3.40. The molecule has 0 spiro atoms. The third kappa shape index (κ3) is 1.87. The first kappa shape index (κ1) is 10.5. The van der Waals surface area contributed by atoms with Crippen molar-refractivity contribution in [3.8, 4) is 0 Å². The third-order valence-electron chi connectivity index (χ3n) is 3.40. The number of imidazole rings is 1. The average molecular weight is 227 g/mol. The van der Waals surface area contributed by atoms with Gasteiger partial charge in [-0.2, -0.15) is 0 Å². The fourth-order valence-electron chi connectivity index (χ4n) is 2.39. The fourth-order valence-corrected chi connectivity index (χ4v) is 2.39. The minimum absolute atomic E-state index is 0.973. The molecule has 3 heteroatoms. The van der Waals surface area contributed by atoms with Gasteiger partial charge in [0.15, 0.2) is 0 Å². The first-order valence-corrected chi connectivity index (χ1v) is 6.23. The molecule has 0 saturated carbocycles. The minimum atomic E-state index is 0.973. The highest BCUT2D eigenvalue weighted by molar-refractivity contribution is 5.81. The van der Waals surface area contributed by atoms with E-state index >= 15 is 0 Å². The molecule has 1 aliphatic rings. The number of aryl methyl sites for hydroxylation is 1. The number of aromatic nitrogens is 2. The van der Waals surface area contributed by atoms with Crippen LogP contribution in [-0.2, 0) is 6.54 Å². The first-order chi connectivity index (χ1) is 8.38. The van der Waals surface area contributed by atoms with Gasteiger partial charge in [0.2, 0.25) is 0 Å². The summed E-state index contributed by atoms with van der Waals surface area (Å²) < 4.78 is 2.19. The van der Waals surface area contributed by atoms with E-state index < -0.39 is 0 Å². The zero-order valence-electron chi connectivity index (χ0n) is 10.1. The van der Waals surface area contributed by atoms with Gasteiger partial charge in [-0.05, 0) is 43.2 Å². The lowest BCUT2D eigenvalue weighted by Crippen LogP contribution is -2.19. The molecule has 1 aromatic heterocycles. The number of benzene rings is 1. The average Bonchev–Trinajstić information content (AvgIpc) is 2.81. The molecular formula is C14H17N3. The van der Waals surface area contributed by atoms with Crippen LogP contribution in [0.5, 0.6) is 0 Å². The Morgan fingerprint density at radius 3 is 3.12 bits per heavy atom. The molecule has 3 rings (SSSR count). The van der Waals surface area contributed by atoms with Crippen LogP contribution in [0.15, 0.2) is 30.6 Å². The Hall–Kier alpha value is -1.61. The Morgan fingerprint density at radius 1 is 1.41 bits per heavy atom. The molecule has 0 saturated heterocycles. The van der Waals surface area contributed by atoms with Gasteiger partial charge in [0.05, 0.1) is 17.4 Å². The van der Waals surface area contributed by atoms with E-state index in [2.05, 4.69) is 46.1 Å². The van der Waals surface area contributed by atoms with Crippen LogP contribution in [0.2, 0.25) is 0 Å². The summed E-state index contributed by atoms with van der Waals surface area (Å²) in [7, 11) is 0. The summed E-state index contributed by atoms with van der Waals surface area (Å²) in [5.41, 5.74) is 5.12. The number of hydrogen-bond donors (Lipinski definition) is 1. The second kappa shape index (κ2) is 4.34. The molecule has 0 amide bonds. The van der Waals surface area contributed by atoms with Crippen molar-refractivity contribution < 1.29 is 0 Å². The van der Waals surface area contributed by atoms with E-state index in [0.29, 0.717) is 0 Å². The molecule has 0 bridgehead atoms. The lowest BCUT2D eigenvalue weighted by molar-refractivity contribution is 0.738. The van der Waals surface area contributed by atoms with Crippen LogP contribution in [0, 0.1) is 0 Å². The van der Waals surface area contributed by atoms with Crippen molar-refractivity contribution in [3.05, 3.63) is 36.2 Å². The molecule has 0 radical (unpaired) electrons. The van der Waals surface area contributed by atoms with E-state index in [1.807, 2.05) is 6.33 Å². The monoisotopic (exact) mass is 227 g/mol. The lowest BCUT2D eigenvalue weighted by atomic mass is 10.00. The molecule has 2 heterocycles. The molecule has 1 aromatic carbocycles. The summed E-state index contributed by atoms with van der Waals surface area (Å²) in [6.07, 6.45) is 5.33. The molecule has 1 aliphatic heterocycles. The van der Waals surface area contributed by atoms with Crippen LogP contribution >= 0.6 is 0 Å². The van der Waals surface area contributed by atoms with Crippen LogP contribution in [0.4, 0.5) is 0 Å². The maximum Gasteiger partial charge on any atom is 0.0958 e. The summed E-state index contributed by atoms with van der Waals surface area (Å²) in [6, 6.07) is 6.58. The highest BCUT2D eigenvalue weighted by atomic mass is 15.0. The first-order valence-electron chi connectivity index (χ1n) is 6.23. The largest absolute Gasteiger partial charge is 0.331 e. The predicted octanol–water partition coefficient (Wildman–Crippen LogP) is 2.43. The van der Waals surface area contributed by atoms with Crippen LogP contribution < -0.4 is 5.32 Å². The SMILES string of the molecule is CCn1cnc2ccc(C3=CCNCC3)cc21. The Balaban J connectivity index is 2.08. The Labute approximate surface area is 101 Å². The van der Waals surface area contributed by atoms with Gasteiger partial charge in [0, 0.05) is 13.1 Å². The van der Waals surface area contributed by atoms with Gasteiger partial charge in [-0.25, -0.2) is 4.98 Å². The van der Waals surface area contributed by atoms with Crippen LogP contribution in [-0.4, -0.2) is 22.6 Å². The van der Waals surface area contributed by atoms with Gasteiger partial charge < -0.3 is 9.88 Å². The molecule has 0 fully saturated rings. The topological polar surface area (TPSA) is 29.9 Å². The van der Waals surface area contributed by atoms with Crippen molar-refractivity contribution >= 4 is 16.6 Å². The number of fused-ring (bicyclic) bond motifs is 1. The maximum atomic E-state index is 4.41. The molecule has 2 aromatic rings. The second-order valence-electron chi connectivity index (χ2n) is 4.42. The highest BCUT2D eigenvalue weighted by Crippen LogP contribution is 2.23. The lowest BCUT2D eigenvalue weighted by Gasteiger charge is -2.14. The molecule has 0 aliphatic carbocycles. The summed E-state index contributed by atoms with van der Waals surface area (Å²) in [6.45, 7) is 5.19. The van der Waals surface area contributed by atoms with Gasteiger partial charge in [-0.1, -0.05) is 12.1 Å². The van der Waals surface area contributed by atoms with E-state index in [9.17, 15) is 0 Å². The van der Waals surface area contributed by atoms with Gasteiger partial charge >= 0.3 is 0 Å². The minimum Gasteiger partial charge on any atom is -0.331 e. The highest BCUT2D eigenvalue weighted by Gasteiger charge is 2.08. The van der Waals surface area contributed by atoms with E-state index in [-0.39, 0.29) is 0 Å². The van der Waals surface area contributed by atoms with E-state index in [1.165, 1.54) is 16.7 Å². The molecule has 1 N–H and O–H groups in total. The van der Waals surface area contributed by atoms with Gasteiger partial charge in [-0.15, -0.1) is 0 Å². The van der Waals surface area contributed by atoms with E-state index in [0.717, 1.165) is 31.6 Å². The van der Waals surface area contributed by atoms with E-state index in [4.69, 9.17) is 0 Å². The summed E-state index contributed by atoms with van der Waals surface area (Å²) in [5, 5.41) is 3.35. The van der Waals surface area contributed by atoms with E-state index in [1.54, 1.807) is 0 Å². The zero-order chi connectivity index (χ0) is 11.7. The summed E-state index contributed by atoms with van der Waals surface area (Å²) in [5.74, 6) is 0. The summed E-state index contributed by atoms with van der Waals surface area (Å²) in [4.78, 5) is 4.41. The van der Waals surface area contributed by atoms with Gasteiger partial charge in [0.1, 0.15) is 0 Å². The molecule has 88 valence electrons. The number of nitrogens with zero attached hydrogens (tertiary/aromatic N) is 2. The summed E-state index contributed by atoms with van der Waals surface area (Å²) >= 11 is 0. The standard InChI is InChI=1S/C14H17N3/c1-2-17-10-16-13-4-3-12(9-14(13)17)11-5-7-15-8-6-11/h3-5,9-10,15H,2,6-8H2,1H3. The van der Waals surface area contributed by atoms with Crippen LogP contribution in [0.25, 0.3) is 16.6 Å². The Morgan fingerprint density at radius 2 is 2.35 bits per heavy atom. The molecule has 0 atom stereocenters. The van der Waals surface area contributed by atoms with Gasteiger partial charge in [-0.3, -0.25) is 0 Å². The van der Waals surface area contributed by atoms with Crippen molar-refractivity contribution in [1.82, 2.24) is 14.9 Å². The van der Waals surface area contributed by atoms with Crippen LogP contribution in [0.1, 0.15) is 18.9 Å². The van der Waals surface area contributed by atoms with Gasteiger partial charge in [0.25, 0.3) is 0 Å². The molecule has 3 nitrogen and oxygen atoms in total. The molecular weight excluding hydrogens is 210 g/mol. The van der Waals surface area contributed by atoms with Crippen molar-refractivity contribution in [2.24, 2.45) is 0 Å². The number of nitrogens with one attached hydrogen (secondary N) is 1. The predicted molar refractivity (Wildman–Crippen MR) is 70.9 cm³/mol. The normalized spacial score (nSPS) is 16.2. The van der Waals surface area contributed by atoms with Crippen molar-refractivity contribution in [3.63, 3.8) is 0 Å². The number of hydrogen-bond acceptors (Lipinski definition) is 2. The quantitative estimate of drug-likeness (QED) is 0.854. The number of rotatable bonds is 2. The zero-order valence-corrected chi connectivity index (χ0v) is 10.1. The molecule has 17 heavy (non-hydrogen) atoms. The second-order valence-corrected chi connectivity index (χ2v) is 4.42. The Kier molecular flexibility index (Phi) is 2.69. The molecule has 0 unspecified atom stereocenters. The Bertz CT molecular complexity index is 566. The maximum absolute atomic E-state index is 4.41. The fraction of sp³-hybridized carbons (Fsp3) is 0.357. The van der Waals surface area contributed by atoms with Crippen molar-refractivity contribution in [1.29, 1.82) is 0 Å². The van der Waals surface area contributed by atoms with Crippen LogP contribution in [0.3, 0.4) is 0 Å². The smallest absolute Gasteiger partial charge is 0.0958 e. The van der Waals surface area contributed by atoms with Crippen molar-refractivity contribution in [2.45, 2.75) is 19.9 Å².